The molecule has 2 amide bonds. The van der Waals surface area contributed by atoms with E-state index in [2.05, 4.69) is 5.32 Å². The lowest BCUT2D eigenvalue weighted by atomic mass is 10.3. The Balaban J connectivity index is 1.62. The molecule has 0 saturated carbocycles. The Morgan fingerprint density at radius 1 is 1.04 bits per heavy atom. The Bertz CT molecular complexity index is 724. The number of ether oxygens (including phenoxy) is 2. The van der Waals surface area contributed by atoms with Crippen molar-refractivity contribution in [2.24, 2.45) is 0 Å². The summed E-state index contributed by atoms with van der Waals surface area (Å²) >= 11 is 5.88. The molecule has 0 aromatic heterocycles. The highest BCUT2D eigenvalue weighted by molar-refractivity contribution is 6.30. The summed E-state index contributed by atoms with van der Waals surface area (Å²) in [5.41, 5.74) is 0. The fourth-order valence-electron chi connectivity index (χ4n) is 2.01. The summed E-state index contributed by atoms with van der Waals surface area (Å²) in [4.78, 5) is 25.2. The molecule has 0 fully saturated rings. The molecule has 0 unspecified atom stereocenters. The molecular weight excluding hydrogens is 356 g/mol. The van der Waals surface area contributed by atoms with Gasteiger partial charge in [-0.1, -0.05) is 35.9 Å². The number of likely N-dealkylation sites (N-methyl/N-ethyl adjacent to an activating group) is 1. The van der Waals surface area contributed by atoms with Gasteiger partial charge < -0.3 is 19.7 Å². The summed E-state index contributed by atoms with van der Waals surface area (Å²) in [5.74, 6) is 0.674. The minimum Gasteiger partial charge on any atom is -0.492 e. The second-order valence-corrected chi connectivity index (χ2v) is 5.94. The number of halogens is 1. The number of carbonyl (C=O) groups excluding carboxylic acids is 2. The quantitative estimate of drug-likeness (QED) is 0.729. The molecule has 2 aromatic rings. The van der Waals surface area contributed by atoms with Crippen LogP contribution in [0, 0.1) is 0 Å². The summed E-state index contributed by atoms with van der Waals surface area (Å²) in [6.07, 6.45) is 0. The van der Waals surface area contributed by atoms with Crippen molar-refractivity contribution >= 4 is 23.4 Å². The number of rotatable bonds is 9. The summed E-state index contributed by atoms with van der Waals surface area (Å²) in [7, 11) is 1.65. The predicted molar refractivity (Wildman–Crippen MR) is 99.5 cm³/mol. The lowest BCUT2D eigenvalue weighted by Gasteiger charge is -2.18. The van der Waals surface area contributed by atoms with Crippen molar-refractivity contribution in [3.05, 3.63) is 59.6 Å². The van der Waals surface area contributed by atoms with Gasteiger partial charge in [0, 0.05) is 12.1 Å². The lowest BCUT2D eigenvalue weighted by Crippen LogP contribution is -2.41. The van der Waals surface area contributed by atoms with Crippen molar-refractivity contribution < 1.29 is 19.1 Å². The number of nitrogens with zero attached hydrogens (tertiary/aromatic N) is 1. The van der Waals surface area contributed by atoms with Gasteiger partial charge in [-0.2, -0.15) is 0 Å². The van der Waals surface area contributed by atoms with E-state index < -0.39 is 0 Å². The SMILES string of the molecule is CN(CCOc1cccc(Cl)c1)C(=O)CNC(=O)COc1ccccc1. The van der Waals surface area contributed by atoms with Gasteiger partial charge in [-0.05, 0) is 30.3 Å². The molecule has 26 heavy (non-hydrogen) atoms. The highest BCUT2D eigenvalue weighted by Gasteiger charge is 2.11. The van der Waals surface area contributed by atoms with Gasteiger partial charge in [0.25, 0.3) is 5.91 Å². The largest absolute Gasteiger partial charge is 0.492 e. The number of carbonyl (C=O) groups is 2. The topological polar surface area (TPSA) is 67.9 Å². The van der Waals surface area contributed by atoms with Crippen LogP contribution in [0.15, 0.2) is 54.6 Å². The van der Waals surface area contributed by atoms with Crippen LogP contribution in [0.3, 0.4) is 0 Å². The number of hydrogen-bond acceptors (Lipinski definition) is 4. The van der Waals surface area contributed by atoms with Crippen molar-refractivity contribution in [2.75, 3.05) is 33.4 Å². The first-order chi connectivity index (χ1) is 12.5. The Morgan fingerprint density at radius 3 is 2.50 bits per heavy atom. The maximum absolute atomic E-state index is 12.0. The molecule has 0 atom stereocenters. The number of nitrogens with one attached hydrogen (secondary N) is 1. The molecule has 0 radical (unpaired) electrons. The molecule has 7 heteroatoms. The smallest absolute Gasteiger partial charge is 0.258 e. The summed E-state index contributed by atoms with van der Waals surface area (Å²) in [6, 6.07) is 16.1. The highest BCUT2D eigenvalue weighted by atomic mass is 35.5. The summed E-state index contributed by atoms with van der Waals surface area (Å²) in [6.45, 7) is 0.485. The zero-order valence-corrected chi connectivity index (χ0v) is 15.2. The molecule has 2 rings (SSSR count). The van der Waals surface area contributed by atoms with Crippen LogP contribution >= 0.6 is 11.6 Å². The molecule has 0 aliphatic rings. The van der Waals surface area contributed by atoms with Crippen LogP contribution in [0.4, 0.5) is 0 Å². The van der Waals surface area contributed by atoms with Gasteiger partial charge >= 0.3 is 0 Å². The predicted octanol–water partition coefficient (Wildman–Crippen LogP) is 2.37. The highest BCUT2D eigenvalue weighted by Crippen LogP contribution is 2.16. The lowest BCUT2D eigenvalue weighted by molar-refractivity contribution is -0.132. The van der Waals surface area contributed by atoms with E-state index in [1.165, 1.54) is 4.90 Å². The van der Waals surface area contributed by atoms with Crippen molar-refractivity contribution in [3.63, 3.8) is 0 Å². The molecule has 2 aromatic carbocycles. The normalized spacial score (nSPS) is 10.1. The summed E-state index contributed by atoms with van der Waals surface area (Å²) in [5, 5.41) is 3.13. The number of para-hydroxylation sites is 1. The van der Waals surface area contributed by atoms with Crippen LogP contribution in [0.25, 0.3) is 0 Å². The van der Waals surface area contributed by atoms with E-state index in [1.54, 1.807) is 43.4 Å². The van der Waals surface area contributed by atoms with E-state index >= 15 is 0 Å². The van der Waals surface area contributed by atoms with E-state index in [-0.39, 0.29) is 25.0 Å². The van der Waals surface area contributed by atoms with Crippen molar-refractivity contribution in [3.8, 4) is 11.5 Å². The van der Waals surface area contributed by atoms with Gasteiger partial charge in [-0.15, -0.1) is 0 Å². The maximum atomic E-state index is 12.0. The average molecular weight is 377 g/mol. The minimum absolute atomic E-state index is 0.0926. The number of amides is 2. The van der Waals surface area contributed by atoms with Gasteiger partial charge in [0.1, 0.15) is 18.1 Å². The molecule has 138 valence electrons. The first kappa shape index (κ1) is 19.6. The van der Waals surface area contributed by atoms with Crippen LogP contribution in [0.5, 0.6) is 11.5 Å². The monoisotopic (exact) mass is 376 g/mol. The molecule has 0 aliphatic heterocycles. The Kier molecular flexibility index (Phi) is 7.76. The van der Waals surface area contributed by atoms with Crippen LogP contribution in [-0.2, 0) is 9.59 Å². The second-order valence-electron chi connectivity index (χ2n) is 5.50. The summed E-state index contributed by atoms with van der Waals surface area (Å²) < 4.78 is 10.9. The van der Waals surface area contributed by atoms with Gasteiger partial charge in [-0.3, -0.25) is 9.59 Å². The molecule has 0 aliphatic carbocycles. The van der Waals surface area contributed by atoms with Gasteiger partial charge in [0.05, 0.1) is 13.1 Å². The first-order valence-electron chi connectivity index (χ1n) is 8.11. The van der Waals surface area contributed by atoms with Gasteiger partial charge in [-0.25, -0.2) is 0 Å². The molecule has 1 N–H and O–H groups in total. The van der Waals surface area contributed by atoms with E-state index in [1.807, 2.05) is 18.2 Å². The Morgan fingerprint density at radius 2 is 1.77 bits per heavy atom. The number of benzene rings is 2. The standard InChI is InChI=1S/C19H21ClN2O4/c1-22(10-11-25-17-9-5-6-15(20)12-17)19(24)13-21-18(23)14-26-16-7-3-2-4-8-16/h2-9,12H,10-11,13-14H2,1H3,(H,21,23). The average Bonchev–Trinajstić information content (AvgIpc) is 2.65. The Hall–Kier alpha value is -2.73. The third-order valence-corrected chi connectivity index (χ3v) is 3.70. The van der Waals surface area contributed by atoms with Crippen molar-refractivity contribution in [1.82, 2.24) is 10.2 Å². The van der Waals surface area contributed by atoms with E-state index in [0.717, 1.165) is 0 Å². The molecule has 6 nitrogen and oxygen atoms in total. The van der Waals surface area contributed by atoms with Gasteiger partial charge in [0.15, 0.2) is 6.61 Å². The number of hydrogen-bond donors (Lipinski definition) is 1. The zero-order valence-electron chi connectivity index (χ0n) is 14.5. The minimum atomic E-state index is -0.356. The van der Waals surface area contributed by atoms with Crippen LogP contribution < -0.4 is 14.8 Å². The van der Waals surface area contributed by atoms with Crippen LogP contribution in [0.2, 0.25) is 5.02 Å². The second kappa shape index (κ2) is 10.3. The van der Waals surface area contributed by atoms with E-state index in [0.29, 0.717) is 29.7 Å². The molecular formula is C19H21ClN2O4. The zero-order chi connectivity index (χ0) is 18.8. The fourth-order valence-corrected chi connectivity index (χ4v) is 2.19. The Labute approximate surface area is 157 Å². The molecule has 0 spiro atoms. The van der Waals surface area contributed by atoms with Gasteiger partial charge in [0.2, 0.25) is 5.91 Å². The fraction of sp³-hybridized carbons (Fsp3) is 0.263. The third kappa shape index (κ3) is 7.03. The maximum Gasteiger partial charge on any atom is 0.258 e. The molecule has 0 heterocycles. The molecule has 0 bridgehead atoms. The molecule has 0 saturated heterocycles. The van der Waals surface area contributed by atoms with Crippen LogP contribution in [-0.4, -0.2) is 50.1 Å². The van der Waals surface area contributed by atoms with E-state index in [4.69, 9.17) is 21.1 Å². The third-order valence-electron chi connectivity index (χ3n) is 3.47. The first-order valence-corrected chi connectivity index (χ1v) is 8.49. The van der Waals surface area contributed by atoms with E-state index in [9.17, 15) is 9.59 Å². The van der Waals surface area contributed by atoms with Crippen molar-refractivity contribution in [1.29, 1.82) is 0 Å². The van der Waals surface area contributed by atoms with Crippen molar-refractivity contribution in [2.45, 2.75) is 0 Å². The van der Waals surface area contributed by atoms with Crippen LogP contribution in [0.1, 0.15) is 0 Å².